The van der Waals surface area contributed by atoms with Gasteiger partial charge in [0.1, 0.15) is 0 Å². The Morgan fingerprint density at radius 1 is 0.826 bits per heavy atom. The van der Waals surface area contributed by atoms with Gasteiger partial charge in [0, 0.05) is 0 Å². The summed E-state index contributed by atoms with van der Waals surface area (Å²) < 4.78 is 4.98. The van der Waals surface area contributed by atoms with Crippen molar-refractivity contribution in [1.29, 1.82) is 0 Å². The van der Waals surface area contributed by atoms with Gasteiger partial charge in [0.25, 0.3) is 0 Å². The number of methoxy groups -OCH3 is 1. The van der Waals surface area contributed by atoms with Crippen molar-refractivity contribution in [1.82, 2.24) is 0 Å². The van der Waals surface area contributed by atoms with Crippen LogP contribution in [0.1, 0.15) is 36.8 Å². The number of rotatable bonds is 9. The van der Waals surface area contributed by atoms with E-state index in [1.54, 1.807) is 0 Å². The molecule has 23 heavy (non-hydrogen) atoms. The second-order valence-electron chi connectivity index (χ2n) is 5.98. The number of esters is 1. The zero-order chi connectivity index (χ0) is 16.3. The highest BCUT2D eigenvalue weighted by molar-refractivity contribution is 5.72. The quantitative estimate of drug-likeness (QED) is 0.621. The van der Waals surface area contributed by atoms with Crippen molar-refractivity contribution in [2.45, 2.75) is 38.5 Å². The third-order valence-electron chi connectivity index (χ3n) is 4.26. The highest BCUT2D eigenvalue weighted by Gasteiger charge is 2.18. The second kappa shape index (κ2) is 9.83. The first-order valence-corrected chi connectivity index (χ1v) is 8.45. The minimum absolute atomic E-state index is 0.0208. The highest BCUT2D eigenvalue weighted by Crippen LogP contribution is 2.19. The summed E-state index contributed by atoms with van der Waals surface area (Å²) in [4.78, 5) is 12.0. The van der Waals surface area contributed by atoms with Crippen LogP contribution < -0.4 is 0 Å². The van der Waals surface area contributed by atoms with Gasteiger partial charge in [0.05, 0.1) is 13.0 Å². The van der Waals surface area contributed by atoms with E-state index in [4.69, 9.17) is 4.74 Å². The number of aryl methyl sites for hydroxylation is 2. The molecule has 2 aromatic rings. The molecule has 122 valence electrons. The molecule has 0 fully saturated rings. The lowest BCUT2D eigenvalue weighted by Gasteiger charge is -2.14. The van der Waals surface area contributed by atoms with E-state index < -0.39 is 0 Å². The first-order valence-electron chi connectivity index (χ1n) is 8.45. The van der Waals surface area contributed by atoms with Crippen LogP contribution in [0, 0.1) is 5.92 Å². The van der Waals surface area contributed by atoms with Gasteiger partial charge in [-0.2, -0.15) is 0 Å². The minimum atomic E-state index is -0.0638. The molecule has 2 rings (SSSR count). The van der Waals surface area contributed by atoms with E-state index in [9.17, 15) is 4.79 Å². The maximum atomic E-state index is 12.0. The first kappa shape index (κ1) is 17.3. The molecule has 0 aromatic heterocycles. The van der Waals surface area contributed by atoms with Gasteiger partial charge in [-0.05, 0) is 49.7 Å². The van der Waals surface area contributed by atoms with E-state index in [0.29, 0.717) is 0 Å². The van der Waals surface area contributed by atoms with Gasteiger partial charge in [-0.1, -0.05) is 60.7 Å². The summed E-state index contributed by atoms with van der Waals surface area (Å²) in [5.41, 5.74) is 2.67. The Balaban J connectivity index is 1.76. The van der Waals surface area contributed by atoms with Crippen molar-refractivity contribution < 1.29 is 9.53 Å². The Morgan fingerprint density at radius 2 is 1.26 bits per heavy atom. The Morgan fingerprint density at radius 3 is 1.65 bits per heavy atom. The van der Waals surface area contributed by atoms with E-state index >= 15 is 0 Å². The SMILES string of the molecule is COC(=O)C(CCCc1ccccc1)CCCc1ccccc1. The van der Waals surface area contributed by atoms with Gasteiger partial charge in [-0.25, -0.2) is 0 Å². The molecule has 2 heteroatoms. The summed E-state index contributed by atoms with van der Waals surface area (Å²) in [7, 11) is 1.49. The molecule has 2 nitrogen and oxygen atoms in total. The summed E-state index contributed by atoms with van der Waals surface area (Å²) in [5.74, 6) is -0.0430. The van der Waals surface area contributed by atoms with E-state index in [0.717, 1.165) is 38.5 Å². The highest BCUT2D eigenvalue weighted by atomic mass is 16.5. The normalized spacial score (nSPS) is 10.7. The molecule has 0 N–H and O–H groups in total. The molecule has 0 saturated carbocycles. The molecular weight excluding hydrogens is 284 g/mol. The van der Waals surface area contributed by atoms with Crippen molar-refractivity contribution in [2.75, 3.05) is 7.11 Å². The Labute approximate surface area is 139 Å². The number of hydrogen-bond donors (Lipinski definition) is 0. The molecule has 0 aliphatic rings. The van der Waals surface area contributed by atoms with Crippen molar-refractivity contribution in [3.05, 3.63) is 71.8 Å². The fourth-order valence-corrected chi connectivity index (χ4v) is 2.94. The largest absolute Gasteiger partial charge is 0.469 e. The molecule has 0 amide bonds. The summed E-state index contributed by atoms with van der Waals surface area (Å²) >= 11 is 0. The zero-order valence-electron chi connectivity index (χ0n) is 13.9. The molecular formula is C21H26O2. The van der Waals surface area contributed by atoms with Gasteiger partial charge in [-0.3, -0.25) is 4.79 Å². The second-order valence-corrected chi connectivity index (χ2v) is 5.98. The van der Waals surface area contributed by atoms with Crippen LogP contribution in [-0.4, -0.2) is 13.1 Å². The van der Waals surface area contributed by atoms with Crippen LogP contribution in [0.15, 0.2) is 60.7 Å². The third kappa shape index (κ3) is 6.27. The van der Waals surface area contributed by atoms with Crippen molar-refractivity contribution in [2.24, 2.45) is 5.92 Å². The van der Waals surface area contributed by atoms with E-state index in [-0.39, 0.29) is 11.9 Å². The maximum absolute atomic E-state index is 12.0. The van der Waals surface area contributed by atoms with Crippen LogP contribution >= 0.6 is 0 Å². The lowest BCUT2D eigenvalue weighted by molar-refractivity contribution is -0.146. The molecule has 0 bridgehead atoms. The summed E-state index contributed by atoms with van der Waals surface area (Å²) in [6.45, 7) is 0. The zero-order valence-corrected chi connectivity index (χ0v) is 13.9. The standard InChI is InChI=1S/C21H26O2/c1-23-21(22)20(16-8-14-18-10-4-2-5-11-18)17-9-15-19-12-6-3-7-13-19/h2-7,10-13,20H,8-9,14-17H2,1H3. The summed E-state index contributed by atoms with van der Waals surface area (Å²) in [6, 6.07) is 20.9. The average molecular weight is 310 g/mol. The molecule has 0 unspecified atom stereocenters. The van der Waals surface area contributed by atoms with Gasteiger partial charge in [0.15, 0.2) is 0 Å². The van der Waals surface area contributed by atoms with Gasteiger partial charge in [-0.15, -0.1) is 0 Å². The molecule has 0 saturated heterocycles. The number of carbonyl (C=O) groups excluding carboxylic acids is 1. The van der Waals surface area contributed by atoms with Crippen LogP contribution in [0.25, 0.3) is 0 Å². The summed E-state index contributed by atoms with van der Waals surface area (Å²) in [5, 5.41) is 0. The Bertz CT molecular complexity index is 517. The smallest absolute Gasteiger partial charge is 0.308 e. The van der Waals surface area contributed by atoms with E-state index in [1.807, 2.05) is 12.1 Å². The molecule has 0 spiro atoms. The lowest BCUT2D eigenvalue weighted by atomic mass is 9.93. The van der Waals surface area contributed by atoms with Gasteiger partial charge < -0.3 is 4.74 Å². The molecule has 0 radical (unpaired) electrons. The molecule has 0 aliphatic heterocycles. The van der Waals surface area contributed by atoms with Crippen LogP contribution in [-0.2, 0) is 22.4 Å². The molecule has 0 heterocycles. The van der Waals surface area contributed by atoms with Crippen LogP contribution in [0.2, 0.25) is 0 Å². The van der Waals surface area contributed by atoms with E-state index in [1.165, 1.54) is 18.2 Å². The monoisotopic (exact) mass is 310 g/mol. The summed E-state index contributed by atoms with van der Waals surface area (Å²) in [6.07, 6.45) is 5.89. The van der Waals surface area contributed by atoms with Gasteiger partial charge >= 0.3 is 5.97 Å². The Kier molecular flexibility index (Phi) is 7.38. The maximum Gasteiger partial charge on any atom is 0.308 e. The number of benzene rings is 2. The minimum Gasteiger partial charge on any atom is -0.469 e. The van der Waals surface area contributed by atoms with Crippen LogP contribution in [0.3, 0.4) is 0 Å². The molecule has 0 aliphatic carbocycles. The Hall–Kier alpha value is -2.09. The lowest BCUT2D eigenvalue weighted by Crippen LogP contribution is -2.16. The van der Waals surface area contributed by atoms with Crippen molar-refractivity contribution >= 4 is 5.97 Å². The first-order chi connectivity index (χ1) is 11.3. The van der Waals surface area contributed by atoms with Crippen LogP contribution in [0.5, 0.6) is 0 Å². The fourth-order valence-electron chi connectivity index (χ4n) is 2.94. The number of hydrogen-bond acceptors (Lipinski definition) is 2. The van der Waals surface area contributed by atoms with Crippen LogP contribution in [0.4, 0.5) is 0 Å². The molecule has 2 aromatic carbocycles. The number of carbonyl (C=O) groups is 1. The fraction of sp³-hybridized carbons (Fsp3) is 0.381. The predicted molar refractivity (Wildman–Crippen MR) is 94.3 cm³/mol. The third-order valence-corrected chi connectivity index (χ3v) is 4.26. The number of ether oxygens (including phenoxy) is 1. The van der Waals surface area contributed by atoms with Gasteiger partial charge in [0.2, 0.25) is 0 Å². The average Bonchev–Trinajstić information content (AvgIpc) is 2.61. The van der Waals surface area contributed by atoms with Crippen molar-refractivity contribution in [3.8, 4) is 0 Å². The van der Waals surface area contributed by atoms with Crippen molar-refractivity contribution in [3.63, 3.8) is 0 Å². The molecule has 0 atom stereocenters. The predicted octanol–water partition coefficient (Wildman–Crippen LogP) is 4.82. The van der Waals surface area contributed by atoms with E-state index in [2.05, 4.69) is 48.5 Å². The topological polar surface area (TPSA) is 26.3 Å².